The Morgan fingerprint density at radius 3 is 2.43 bits per heavy atom. The van der Waals surface area contributed by atoms with Gasteiger partial charge in [-0.05, 0) is 95.5 Å². The van der Waals surface area contributed by atoms with Gasteiger partial charge in [0.15, 0.2) is 0 Å². The van der Waals surface area contributed by atoms with Crippen molar-refractivity contribution in [3.05, 3.63) is 118 Å². The summed E-state index contributed by atoms with van der Waals surface area (Å²) in [6, 6.07) is 28.9. The molecule has 1 heterocycles. The molecule has 0 spiro atoms. The van der Waals surface area contributed by atoms with Gasteiger partial charge in [0.05, 0.1) is 13.5 Å². The number of hydrogen-bond acceptors (Lipinski definition) is 3. The van der Waals surface area contributed by atoms with Crippen LogP contribution in [0.3, 0.4) is 0 Å². The summed E-state index contributed by atoms with van der Waals surface area (Å²) in [6.45, 7) is 4.31. The zero-order valence-corrected chi connectivity index (χ0v) is 21.5. The third-order valence-corrected chi connectivity index (χ3v) is 7.34. The normalized spacial score (nSPS) is 15.4. The Kier molecular flexibility index (Phi) is 7.00. The van der Waals surface area contributed by atoms with Gasteiger partial charge in [-0.15, -0.1) is 0 Å². The van der Waals surface area contributed by atoms with Crippen LogP contribution in [-0.4, -0.2) is 18.2 Å². The third kappa shape index (κ3) is 5.24. The molecule has 188 valence electrons. The van der Waals surface area contributed by atoms with Gasteiger partial charge < -0.3 is 14.6 Å². The van der Waals surface area contributed by atoms with Crippen LogP contribution in [0.25, 0.3) is 11.1 Å². The molecule has 2 unspecified atom stereocenters. The molecule has 0 amide bonds. The average molecular weight is 493 g/mol. The standard InChI is InChI=1S/C33H32O4/c1-21-7-4-8-22(2)33(21)27-11-5-10-25(18-27)30-16-14-26-17-24(13-15-31(26)37-30)29(20-32(34)35)23-9-6-12-28(19-23)36-3/h4-13,15,17-19,29-30H,14,16,20H2,1-3H3,(H,34,35). The number of benzene rings is 4. The van der Waals surface area contributed by atoms with E-state index in [2.05, 4.69) is 62.4 Å². The van der Waals surface area contributed by atoms with E-state index in [1.807, 2.05) is 36.4 Å². The lowest BCUT2D eigenvalue weighted by atomic mass is 9.86. The second-order valence-corrected chi connectivity index (χ2v) is 9.83. The van der Waals surface area contributed by atoms with E-state index >= 15 is 0 Å². The lowest BCUT2D eigenvalue weighted by Crippen LogP contribution is -2.16. The fourth-order valence-corrected chi connectivity index (χ4v) is 5.49. The van der Waals surface area contributed by atoms with Crippen LogP contribution < -0.4 is 9.47 Å². The highest BCUT2D eigenvalue weighted by molar-refractivity contribution is 5.71. The molecule has 4 aromatic rings. The van der Waals surface area contributed by atoms with E-state index in [9.17, 15) is 9.90 Å². The van der Waals surface area contributed by atoms with Crippen molar-refractivity contribution in [3.63, 3.8) is 0 Å². The summed E-state index contributed by atoms with van der Waals surface area (Å²) in [7, 11) is 1.62. The molecule has 0 aromatic heterocycles. The predicted octanol–water partition coefficient (Wildman–Crippen LogP) is 7.65. The fraction of sp³-hybridized carbons (Fsp3) is 0.242. The predicted molar refractivity (Wildman–Crippen MR) is 147 cm³/mol. The SMILES string of the molecule is COc1cccc(C(CC(=O)O)c2ccc3c(c2)CCC(c2cccc(-c4c(C)cccc4C)c2)O3)c1. The van der Waals surface area contributed by atoms with Crippen molar-refractivity contribution in [2.45, 2.75) is 45.1 Å². The molecule has 0 saturated heterocycles. The monoisotopic (exact) mass is 492 g/mol. The molecule has 1 aliphatic heterocycles. The minimum Gasteiger partial charge on any atom is -0.497 e. The second-order valence-electron chi connectivity index (χ2n) is 9.83. The number of aryl methyl sites for hydroxylation is 3. The number of aliphatic carboxylic acids is 1. The maximum absolute atomic E-state index is 11.7. The maximum Gasteiger partial charge on any atom is 0.304 e. The van der Waals surface area contributed by atoms with Crippen LogP contribution in [0.4, 0.5) is 0 Å². The van der Waals surface area contributed by atoms with E-state index < -0.39 is 5.97 Å². The van der Waals surface area contributed by atoms with Gasteiger partial charge in [-0.1, -0.05) is 60.7 Å². The quantitative estimate of drug-likeness (QED) is 0.288. The Hall–Kier alpha value is -4.05. The van der Waals surface area contributed by atoms with Crippen molar-refractivity contribution in [1.82, 2.24) is 0 Å². The molecule has 0 fully saturated rings. The number of carboxylic acids is 1. The number of carbonyl (C=O) groups is 1. The van der Waals surface area contributed by atoms with Crippen molar-refractivity contribution >= 4 is 5.97 Å². The van der Waals surface area contributed by atoms with Crippen LogP contribution in [0.2, 0.25) is 0 Å². The third-order valence-electron chi connectivity index (χ3n) is 7.34. The van der Waals surface area contributed by atoms with Crippen molar-refractivity contribution < 1.29 is 19.4 Å². The van der Waals surface area contributed by atoms with Crippen molar-refractivity contribution in [1.29, 1.82) is 0 Å². The van der Waals surface area contributed by atoms with Crippen LogP contribution >= 0.6 is 0 Å². The molecule has 5 rings (SSSR count). The van der Waals surface area contributed by atoms with Crippen LogP contribution in [-0.2, 0) is 11.2 Å². The van der Waals surface area contributed by atoms with Gasteiger partial charge in [0, 0.05) is 5.92 Å². The summed E-state index contributed by atoms with van der Waals surface area (Å²) in [6.07, 6.45) is 1.74. The minimum atomic E-state index is -0.828. The average Bonchev–Trinajstić information content (AvgIpc) is 2.91. The topological polar surface area (TPSA) is 55.8 Å². The summed E-state index contributed by atoms with van der Waals surface area (Å²) in [5, 5.41) is 9.62. The first-order valence-corrected chi connectivity index (χ1v) is 12.7. The van der Waals surface area contributed by atoms with Crippen LogP contribution in [0.5, 0.6) is 11.5 Å². The minimum absolute atomic E-state index is 0.0144. The Morgan fingerprint density at radius 2 is 1.68 bits per heavy atom. The molecule has 0 aliphatic carbocycles. The van der Waals surface area contributed by atoms with E-state index in [1.54, 1.807) is 7.11 Å². The maximum atomic E-state index is 11.7. The van der Waals surface area contributed by atoms with Gasteiger partial charge in [0.25, 0.3) is 0 Å². The van der Waals surface area contributed by atoms with Crippen LogP contribution in [0.1, 0.15) is 58.2 Å². The molecule has 2 atom stereocenters. The first kappa shape index (κ1) is 24.6. The Balaban J connectivity index is 1.41. The Bertz CT molecular complexity index is 1420. The van der Waals surface area contributed by atoms with Crippen LogP contribution in [0.15, 0.2) is 84.9 Å². The van der Waals surface area contributed by atoms with Gasteiger partial charge in [-0.2, -0.15) is 0 Å². The number of methoxy groups -OCH3 is 1. The first-order chi connectivity index (χ1) is 17.9. The van der Waals surface area contributed by atoms with Crippen LogP contribution in [0, 0.1) is 13.8 Å². The smallest absolute Gasteiger partial charge is 0.304 e. The van der Waals surface area contributed by atoms with Gasteiger partial charge in [-0.3, -0.25) is 4.79 Å². The van der Waals surface area contributed by atoms with Crippen molar-refractivity contribution in [2.24, 2.45) is 0 Å². The Labute approximate surface area is 218 Å². The molecule has 4 heteroatoms. The zero-order chi connectivity index (χ0) is 25.9. The van der Waals surface area contributed by atoms with Gasteiger partial charge >= 0.3 is 5.97 Å². The lowest BCUT2D eigenvalue weighted by Gasteiger charge is -2.28. The molecular weight excluding hydrogens is 460 g/mol. The van der Waals surface area contributed by atoms with Crippen molar-refractivity contribution in [2.75, 3.05) is 7.11 Å². The fourth-order valence-electron chi connectivity index (χ4n) is 5.49. The highest BCUT2D eigenvalue weighted by Crippen LogP contribution is 2.39. The molecule has 4 nitrogen and oxygen atoms in total. The van der Waals surface area contributed by atoms with E-state index in [0.717, 1.165) is 41.0 Å². The van der Waals surface area contributed by atoms with Gasteiger partial charge in [0.1, 0.15) is 17.6 Å². The molecule has 4 aromatic carbocycles. The molecule has 0 radical (unpaired) electrons. The first-order valence-electron chi connectivity index (χ1n) is 12.7. The number of hydrogen-bond donors (Lipinski definition) is 1. The summed E-state index contributed by atoms with van der Waals surface area (Å²) in [4.78, 5) is 11.7. The molecular formula is C33H32O4. The summed E-state index contributed by atoms with van der Waals surface area (Å²) in [5.74, 6) is 0.507. The zero-order valence-electron chi connectivity index (χ0n) is 21.5. The van der Waals surface area contributed by atoms with E-state index in [1.165, 1.54) is 27.8 Å². The number of rotatable bonds is 7. The molecule has 0 saturated carbocycles. The van der Waals surface area contributed by atoms with Crippen molar-refractivity contribution in [3.8, 4) is 22.6 Å². The lowest BCUT2D eigenvalue weighted by molar-refractivity contribution is -0.137. The van der Waals surface area contributed by atoms with Gasteiger partial charge in [-0.25, -0.2) is 0 Å². The summed E-state index contributed by atoms with van der Waals surface area (Å²) in [5.41, 5.74) is 9.25. The largest absolute Gasteiger partial charge is 0.497 e. The second kappa shape index (κ2) is 10.5. The molecule has 1 aliphatic rings. The highest BCUT2D eigenvalue weighted by atomic mass is 16.5. The highest BCUT2D eigenvalue weighted by Gasteiger charge is 2.25. The summed E-state index contributed by atoms with van der Waals surface area (Å²) < 4.78 is 11.9. The number of carboxylic acid groups (broad SMARTS) is 1. The van der Waals surface area contributed by atoms with E-state index in [4.69, 9.17) is 9.47 Å². The Morgan fingerprint density at radius 1 is 0.946 bits per heavy atom. The molecule has 37 heavy (non-hydrogen) atoms. The number of ether oxygens (including phenoxy) is 2. The molecule has 1 N–H and O–H groups in total. The van der Waals surface area contributed by atoms with E-state index in [-0.39, 0.29) is 18.4 Å². The molecule has 0 bridgehead atoms. The van der Waals surface area contributed by atoms with Gasteiger partial charge in [0.2, 0.25) is 0 Å². The van der Waals surface area contributed by atoms with E-state index in [0.29, 0.717) is 0 Å². The number of fused-ring (bicyclic) bond motifs is 1. The summed E-state index contributed by atoms with van der Waals surface area (Å²) >= 11 is 0.